The lowest BCUT2D eigenvalue weighted by molar-refractivity contribution is -0.384. The van der Waals surface area contributed by atoms with E-state index in [4.69, 9.17) is 20.5 Å². The minimum atomic E-state index is -0.651. The number of carbonyl (C=O) groups is 1. The van der Waals surface area contributed by atoms with Gasteiger partial charge in [-0.15, -0.1) is 0 Å². The summed E-state index contributed by atoms with van der Waals surface area (Å²) in [7, 11) is 0. The van der Waals surface area contributed by atoms with Gasteiger partial charge < -0.3 is 14.3 Å². The quantitative estimate of drug-likeness (QED) is 0.369. The molecule has 2 aromatic carbocycles. The van der Waals surface area contributed by atoms with E-state index in [2.05, 4.69) is 15.5 Å². The number of furan rings is 1. The van der Waals surface area contributed by atoms with E-state index < -0.39 is 10.8 Å². The number of anilines is 1. The Morgan fingerprint density at radius 1 is 1.14 bits per heavy atom. The molecule has 2 aromatic heterocycles. The molecule has 1 amide bonds. The summed E-state index contributed by atoms with van der Waals surface area (Å²) < 4.78 is 10.5. The Bertz CT molecular complexity index is 1200. The zero-order chi connectivity index (χ0) is 20.4. The first-order valence-electron chi connectivity index (χ1n) is 8.25. The van der Waals surface area contributed by atoms with Gasteiger partial charge >= 0.3 is 0 Å². The molecule has 0 saturated carbocycles. The third kappa shape index (κ3) is 3.71. The maximum atomic E-state index is 12.6. The molecule has 0 fully saturated rings. The van der Waals surface area contributed by atoms with Gasteiger partial charge in [0.2, 0.25) is 5.82 Å². The van der Waals surface area contributed by atoms with Crippen molar-refractivity contribution < 1.29 is 18.7 Å². The molecule has 0 aliphatic heterocycles. The number of nitrogens with zero attached hydrogens (tertiary/aromatic N) is 3. The molecule has 0 atom stereocenters. The lowest BCUT2D eigenvalue weighted by Crippen LogP contribution is -2.13. The summed E-state index contributed by atoms with van der Waals surface area (Å²) >= 11 is 5.80. The molecule has 144 valence electrons. The molecule has 0 saturated heterocycles. The van der Waals surface area contributed by atoms with E-state index in [1.807, 2.05) is 0 Å². The Morgan fingerprint density at radius 3 is 2.72 bits per heavy atom. The Labute approximate surface area is 168 Å². The first-order valence-corrected chi connectivity index (χ1v) is 8.63. The zero-order valence-corrected chi connectivity index (χ0v) is 15.3. The van der Waals surface area contributed by atoms with Crippen molar-refractivity contribution in [1.82, 2.24) is 10.1 Å². The van der Waals surface area contributed by atoms with E-state index in [0.29, 0.717) is 17.0 Å². The van der Waals surface area contributed by atoms with Gasteiger partial charge in [0.25, 0.3) is 17.5 Å². The van der Waals surface area contributed by atoms with Gasteiger partial charge in [0.15, 0.2) is 5.76 Å². The van der Waals surface area contributed by atoms with Crippen LogP contribution in [0.25, 0.3) is 23.0 Å². The van der Waals surface area contributed by atoms with Crippen molar-refractivity contribution >= 4 is 28.9 Å². The summed E-state index contributed by atoms with van der Waals surface area (Å²) in [6.07, 6.45) is 1.49. The molecule has 29 heavy (non-hydrogen) atoms. The number of aromatic nitrogens is 2. The topological polar surface area (TPSA) is 124 Å². The molecule has 0 radical (unpaired) electrons. The lowest BCUT2D eigenvalue weighted by atomic mass is 10.1. The van der Waals surface area contributed by atoms with Crippen LogP contribution in [0.1, 0.15) is 10.4 Å². The van der Waals surface area contributed by atoms with Crippen LogP contribution in [0.15, 0.2) is 69.8 Å². The van der Waals surface area contributed by atoms with Crippen LogP contribution in [0.4, 0.5) is 11.4 Å². The SMILES string of the molecule is O=C(Nc1ccccc1-c1nc(-c2ccco2)no1)c1ccc(Cl)c([N+](=O)[O-])c1. The second kappa shape index (κ2) is 7.56. The highest BCUT2D eigenvalue weighted by atomic mass is 35.5. The summed E-state index contributed by atoms with van der Waals surface area (Å²) in [4.78, 5) is 27.3. The van der Waals surface area contributed by atoms with Crippen molar-refractivity contribution in [2.45, 2.75) is 0 Å². The highest BCUT2D eigenvalue weighted by Gasteiger charge is 2.19. The third-order valence-electron chi connectivity index (χ3n) is 3.98. The first-order chi connectivity index (χ1) is 14.0. The van der Waals surface area contributed by atoms with E-state index in [1.165, 1.54) is 18.4 Å². The van der Waals surface area contributed by atoms with Crippen molar-refractivity contribution in [2.24, 2.45) is 0 Å². The Hall–Kier alpha value is -3.98. The van der Waals surface area contributed by atoms with Crippen LogP contribution < -0.4 is 5.32 Å². The van der Waals surface area contributed by atoms with Gasteiger partial charge in [0, 0.05) is 11.6 Å². The average Bonchev–Trinajstić information content (AvgIpc) is 3.40. The van der Waals surface area contributed by atoms with Crippen molar-refractivity contribution in [2.75, 3.05) is 5.32 Å². The van der Waals surface area contributed by atoms with Gasteiger partial charge in [0.05, 0.1) is 22.4 Å². The Balaban J connectivity index is 1.63. The molecular weight excluding hydrogens is 400 g/mol. The molecule has 9 nitrogen and oxygen atoms in total. The van der Waals surface area contributed by atoms with Crippen molar-refractivity contribution in [3.63, 3.8) is 0 Å². The van der Waals surface area contributed by atoms with Gasteiger partial charge in [-0.3, -0.25) is 14.9 Å². The first kappa shape index (κ1) is 18.4. The van der Waals surface area contributed by atoms with E-state index >= 15 is 0 Å². The maximum Gasteiger partial charge on any atom is 0.288 e. The van der Waals surface area contributed by atoms with Crippen LogP contribution in [0.3, 0.4) is 0 Å². The number of amides is 1. The fraction of sp³-hybridized carbons (Fsp3) is 0. The molecule has 0 aliphatic carbocycles. The van der Waals surface area contributed by atoms with Gasteiger partial charge in [-0.2, -0.15) is 4.98 Å². The second-order valence-electron chi connectivity index (χ2n) is 5.82. The lowest BCUT2D eigenvalue weighted by Gasteiger charge is -2.08. The van der Waals surface area contributed by atoms with Gasteiger partial charge in [-0.1, -0.05) is 28.9 Å². The predicted molar refractivity (Wildman–Crippen MR) is 103 cm³/mol. The molecule has 4 rings (SSSR count). The molecule has 0 bridgehead atoms. The number of hydrogen-bond acceptors (Lipinski definition) is 7. The number of para-hydroxylation sites is 1. The molecule has 0 aliphatic rings. The minimum Gasteiger partial charge on any atom is -0.461 e. The van der Waals surface area contributed by atoms with Gasteiger partial charge in [0.1, 0.15) is 5.02 Å². The highest BCUT2D eigenvalue weighted by molar-refractivity contribution is 6.32. The van der Waals surface area contributed by atoms with Gasteiger partial charge in [-0.25, -0.2) is 0 Å². The normalized spacial score (nSPS) is 10.7. The summed E-state index contributed by atoms with van der Waals surface area (Å²) in [6.45, 7) is 0. The smallest absolute Gasteiger partial charge is 0.288 e. The van der Waals surface area contributed by atoms with Crippen LogP contribution in [0.2, 0.25) is 5.02 Å². The van der Waals surface area contributed by atoms with Crippen molar-refractivity contribution in [3.05, 3.63) is 81.6 Å². The minimum absolute atomic E-state index is 0.0525. The largest absolute Gasteiger partial charge is 0.461 e. The monoisotopic (exact) mass is 410 g/mol. The third-order valence-corrected chi connectivity index (χ3v) is 4.30. The Kier molecular flexibility index (Phi) is 4.80. The van der Waals surface area contributed by atoms with Crippen molar-refractivity contribution in [3.8, 4) is 23.0 Å². The number of nitro groups is 1. The Morgan fingerprint density at radius 2 is 1.97 bits per heavy atom. The zero-order valence-electron chi connectivity index (χ0n) is 14.5. The average molecular weight is 411 g/mol. The molecule has 2 heterocycles. The van der Waals surface area contributed by atoms with Crippen LogP contribution in [0.5, 0.6) is 0 Å². The summed E-state index contributed by atoms with van der Waals surface area (Å²) in [5.74, 6) is 0.326. The van der Waals surface area contributed by atoms with Crippen LogP contribution in [-0.4, -0.2) is 21.0 Å². The van der Waals surface area contributed by atoms with E-state index in [-0.39, 0.29) is 28.0 Å². The number of nitrogens with one attached hydrogen (secondary N) is 1. The number of nitro benzene ring substituents is 1. The van der Waals surface area contributed by atoms with Crippen LogP contribution >= 0.6 is 11.6 Å². The number of hydrogen-bond donors (Lipinski definition) is 1. The molecule has 4 aromatic rings. The molecular formula is C19H11ClN4O5. The van der Waals surface area contributed by atoms with Gasteiger partial charge in [-0.05, 0) is 36.4 Å². The predicted octanol–water partition coefficient (Wildman–Crippen LogP) is 4.81. The fourth-order valence-electron chi connectivity index (χ4n) is 2.61. The highest BCUT2D eigenvalue weighted by Crippen LogP contribution is 2.30. The maximum absolute atomic E-state index is 12.6. The fourth-order valence-corrected chi connectivity index (χ4v) is 2.79. The molecule has 10 heteroatoms. The van der Waals surface area contributed by atoms with E-state index in [0.717, 1.165) is 6.07 Å². The standard InChI is InChI=1S/C19H11ClN4O5/c20-13-8-7-11(10-15(13)24(26)27)18(25)21-14-5-2-1-4-12(14)19-22-17(23-29-19)16-6-3-9-28-16/h1-10H,(H,21,25). The summed E-state index contributed by atoms with van der Waals surface area (Å²) in [5.41, 5.74) is 0.602. The summed E-state index contributed by atoms with van der Waals surface area (Å²) in [5, 5.41) is 17.6. The van der Waals surface area contributed by atoms with Crippen LogP contribution in [0, 0.1) is 10.1 Å². The molecule has 0 unspecified atom stereocenters. The van der Waals surface area contributed by atoms with Crippen LogP contribution in [-0.2, 0) is 0 Å². The summed E-state index contributed by atoms with van der Waals surface area (Å²) in [6, 6.07) is 14.0. The molecule has 1 N–H and O–H groups in total. The number of halogens is 1. The second-order valence-corrected chi connectivity index (χ2v) is 6.23. The van der Waals surface area contributed by atoms with E-state index in [9.17, 15) is 14.9 Å². The number of carbonyl (C=O) groups excluding carboxylic acids is 1. The van der Waals surface area contributed by atoms with E-state index in [1.54, 1.807) is 36.4 Å². The molecule has 0 spiro atoms. The number of benzene rings is 2. The van der Waals surface area contributed by atoms with Crippen molar-refractivity contribution in [1.29, 1.82) is 0 Å². The number of rotatable bonds is 5.